The van der Waals surface area contributed by atoms with E-state index in [0.29, 0.717) is 11.5 Å². The summed E-state index contributed by atoms with van der Waals surface area (Å²) >= 11 is 1.54. The standard InChI is InChI=1S/C18H21NO6S/c1-11(16-6-5-7-26-16)19-17(20)10-25-18(21)12-8-14(23-3)15(24-4)9-13(12)22-2/h5-9,11H,10H2,1-4H3,(H,19,20)/t11-/m1/s1. The van der Waals surface area contributed by atoms with Crippen LogP contribution in [0.3, 0.4) is 0 Å². The maximum atomic E-state index is 12.3. The fourth-order valence-electron chi connectivity index (χ4n) is 2.29. The highest BCUT2D eigenvalue weighted by molar-refractivity contribution is 7.10. The number of rotatable bonds is 8. The Morgan fingerprint density at radius 2 is 1.73 bits per heavy atom. The molecule has 2 aromatic rings. The molecule has 8 heteroatoms. The maximum Gasteiger partial charge on any atom is 0.342 e. The molecule has 0 bridgehead atoms. The van der Waals surface area contributed by atoms with Crippen molar-refractivity contribution in [2.45, 2.75) is 13.0 Å². The Bertz CT molecular complexity index is 759. The fourth-order valence-corrected chi connectivity index (χ4v) is 3.02. The molecule has 2 rings (SSSR count). The zero-order valence-electron chi connectivity index (χ0n) is 15.0. The number of carbonyl (C=O) groups is 2. The monoisotopic (exact) mass is 379 g/mol. The third-order valence-electron chi connectivity index (χ3n) is 3.61. The Hall–Kier alpha value is -2.74. The van der Waals surface area contributed by atoms with Crippen LogP contribution in [0.4, 0.5) is 0 Å². The smallest absolute Gasteiger partial charge is 0.342 e. The molecule has 0 aliphatic carbocycles. The fraction of sp³-hybridized carbons (Fsp3) is 0.333. The van der Waals surface area contributed by atoms with Gasteiger partial charge in [-0.05, 0) is 18.4 Å². The minimum absolute atomic E-state index is 0.143. The molecule has 0 saturated carbocycles. The molecule has 0 spiro atoms. The highest BCUT2D eigenvalue weighted by atomic mass is 32.1. The van der Waals surface area contributed by atoms with Crippen LogP contribution in [-0.4, -0.2) is 39.8 Å². The van der Waals surface area contributed by atoms with Gasteiger partial charge in [0.1, 0.15) is 11.3 Å². The second-order valence-electron chi connectivity index (χ2n) is 5.29. The normalized spacial score (nSPS) is 11.4. The van der Waals surface area contributed by atoms with Crippen LogP contribution in [0.2, 0.25) is 0 Å². The molecular formula is C18H21NO6S. The first kappa shape index (κ1) is 19.6. The second kappa shape index (κ2) is 9.10. The summed E-state index contributed by atoms with van der Waals surface area (Å²) in [5.41, 5.74) is 0.143. The van der Waals surface area contributed by atoms with Crippen LogP contribution in [0.5, 0.6) is 17.2 Å². The van der Waals surface area contributed by atoms with E-state index in [0.717, 1.165) is 4.88 Å². The summed E-state index contributed by atoms with van der Waals surface area (Å²) in [6, 6.07) is 6.65. The van der Waals surface area contributed by atoms with Crippen molar-refractivity contribution in [1.82, 2.24) is 5.32 Å². The second-order valence-corrected chi connectivity index (χ2v) is 6.27. The molecule has 0 saturated heterocycles. The van der Waals surface area contributed by atoms with Gasteiger partial charge in [-0.1, -0.05) is 6.07 Å². The van der Waals surface area contributed by atoms with Gasteiger partial charge in [0.05, 0.1) is 27.4 Å². The van der Waals surface area contributed by atoms with E-state index in [4.69, 9.17) is 18.9 Å². The van der Waals surface area contributed by atoms with Gasteiger partial charge < -0.3 is 24.3 Å². The van der Waals surface area contributed by atoms with E-state index in [1.54, 1.807) is 11.3 Å². The lowest BCUT2D eigenvalue weighted by Crippen LogP contribution is -2.30. The third kappa shape index (κ3) is 4.66. The molecule has 0 fully saturated rings. The number of nitrogens with one attached hydrogen (secondary N) is 1. The SMILES string of the molecule is COc1cc(OC)c(C(=O)OCC(=O)N[C@H](C)c2cccs2)cc1OC. The van der Waals surface area contributed by atoms with Crippen LogP contribution in [-0.2, 0) is 9.53 Å². The predicted octanol–water partition coefficient (Wildman–Crippen LogP) is 2.81. The summed E-state index contributed by atoms with van der Waals surface area (Å²) in [4.78, 5) is 25.4. The molecule has 1 amide bonds. The largest absolute Gasteiger partial charge is 0.496 e. The summed E-state index contributed by atoms with van der Waals surface area (Å²) in [5.74, 6) is -0.0418. The van der Waals surface area contributed by atoms with Crippen molar-refractivity contribution in [3.05, 3.63) is 40.1 Å². The van der Waals surface area contributed by atoms with Gasteiger partial charge in [0.15, 0.2) is 18.1 Å². The van der Waals surface area contributed by atoms with Crippen molar-refractivity contribution in [2.24, 2.45) is 0 Å². The summed E-state index contributed by atoms with van der Waals surface area (Å²) in [7, 11) is 4.36. The predicted molar refractivity (Wildman–Crippen MR) is 97.3 cm³/mol. The summed E-state index contributed by atoms with van der Waals surface area (Å²) in [6.07, 6.45) is 0. The van der Waals surface area contributed by atoms with Crippen LogP contribution < -0.4 is 19.5 Å². The van der Waals surface area contributed by atoms with Crippen molar-refractivity contribution in [1.29, 1.82) is 0 Å². The van der Waals surface area contributed by atoms with Gasteiger partial charge in [0, 0.05) is 17.0 Å². The Morgan fingerprint density at radius 3 is 2.31 bits per heavy atom. The molecule has 0 aliphatic rings. The van der Waals surface area contributed by atoms with E-state index in [-0.39, 0.29) is 17.4 Å². The zero-order chi connectivity index (χ0) is 19.1. The van der Waals surface area contributed by atoms with Crippen molar-refractivity contribution in [2.75, 3.05) is 27.9 Å². The number of methoxy groups -OCH3 is 3. The molecule has 1 aromatic heterocycles. The average Bonchev–Trinajstić information content (AvgIpc) is 3.19. The van der Waals surface area contributed by atoms with Crippen molar-refractivity contribution in [3.63, 3.8) is 0 Å². The summed E-state index contributed by atoms with van der Waals surface area (Å²) in [5, 5.41) is 4.71. The zero-order valence-corrected chi connectivity index (χ0v) is 15.8. The Morgan fingerprint density at radius 1 is 1.08 bits per heavy atom. The number of ether oxygens (including phenoxy) is 4. The molecule has 26 heavy (non-hydrogen) atoms. The van der Waals surface area contributed by atoms with E-state index >= 15 is 0 Å². The molecule has 1 aromatic carbocycles. The lowest BCUT2D eigenvalue weighted by Gasteiger charge is -2.14. The lowest BCUT2D eigenvalue weighted by molar-refractivity contribution is -0.124. The third-order valence-corrected chi connectivity index (χ3v) is 4.66. The number of benzene rings is 1. The minimum atomic E-state index is -0.693. The quantitative estimate of drug-likeness (QED) is 0.710. The number of esters is 1. The van der Waals surface area contributed by atoms with Gasteiger partial charge in [-0.2, -0.15) is 0 Å². The first-order chi connectivity index (χ1) is 12.5. The van der Waals surface area contributed by atoms with Crippen LogP contribution in [0, 0.1) is 0 Å². The molecule has 1 heterocycles. The number of hydrogen-bond acceptors (Lipinski definition) is 7. The highest BCUT2D eigenvalue weighted by Gasteiger charge is 2.20. The lowest BCUT2D eigenvalue weighted by atomic mass is 10.1. The van der Waals surface area contributed by atoms with Gasteiger partial charge in [-0.25, -0.2) is 4.79 Å². The van der Waals surface area contributed by atoms with Crippen LogP contribution >= 0.6 is 11.3 Å². The first-order valence-corrected chi connectivity index (χ1v) is 8.68. The van der Waals surface area contributed by atoms with Gasteiger partial charge in [0.2, 0.25) is 0 Å². The molecule has 140 valence electrons. The number of amides is 1. The molecular weight excluding hydrogens is 358 g/mol. The molecule has 0 unspecified atom stereocenters. The van der Waals surface area contributed by atoms with Gasteiger partial charge >= 0.3 is 5.97 Å². The highest BCUT2D eigenvalue weighted by Crippen LogP contribution is 2.34. The van der Waals surface area contributed by atoms with E-state index < -0.39 is 18.5 Å². The molecule has 0 radical (unpaired) electrons. The van der Waals surface area contributed by atoms with Gasteiger partial charge in [-0.3, -0.25) is 4.79 Å². The Balaban J connectivity index is 2.02. The van der Waals surface area contributed by atoms with Gasteiger partial charge in [0.25, 0.3) is 5.91 Å². The van der Waals surface area contributed by atoms with E-state index in [1.807, 2.05) is 24.4 Å². The average molecular weight is 379 g/mol. The maximum absolute atomic E-state index is 12.3. The van der Waals surface area contributed by atoms with E-state index in [1.165, 1.54) is 33.5 Å². The number of carbonyl (C=O) groups excluding carboxylic acids is 2. The summed E-state index contributed by atoms with van der Waals surface area (Å²) < 4.78 is 20.6. The van der Waals surface area contributed by atoms with Gasteiger partial charge in [-0.15, -0.1) is 11.3 Å². The Labute approximate surface area is 155 Å². The minimum Gasteiger partial charge on any atom is -0.496 e. The Kier molecular flexibility index (Phi) is 6.85. The number of hydrogen-bond donors (Lipinski definition) is 1. The van der Waals surface area contributed by atoms with Crippen molar-refractivity contribution < 1.29 is 28.5 Å². The van der Waals surface area contributed by atoms with Crippen LogP contribution in [0.25, 0.3) is 0 Å². The molecule has 0 aliphatic heterocycles. The van der Waals surface area contributed by atoms with E-state index in [2.05, 4.69) is 5.32 Å². The van der Waals surface area contributed by atoms with Crippen molar-refractivity contribution >= 4 is 23.2 Å². The van der Waals surface area contributed by atoms with E-state index in [9.17, 15) is 9.59 Å². The van der Waals surface area contributed by atoms with Crippen molar-refractivity contribution in [3.8, 4) is 17.2 Å². The summed E-state index contributed by atoms with van der Waals surface area (Å²) in [6.45, 7) is 1.47. The molecule has 7 nitrogen and oxygen atoms in total. The molecule has 1 atom stereocenters. The first-order valence-electron chi connectivity index (χ1n) is 7.80. The topological polar surface area (TPSA) is 83.1 Å². The van der Waals surface area contributed by atoms with Crippen LogP contribution in [0.1, 0.15) is 28.2 Å². The molecule has 1 N–H and O–H groups in total. The number of thiophene rings is 1. The van der Waals surface area contributed by atoms with Crippen LogP contribution in [0.15, 0.2) is 29.6 Å².